The van der Waals surface area contributed by atoms with Gasteiger partial charge in [-0.3, -0.25) is 0 Å². The molecule has 0 unspecified atom stereocenters. The number of ether oxygens (including phenoxy) is 1. The Kier molecular flexibility index (Phi) is 5.61. The van der Waals surface area contributed by atoms with Gasteiger partial charge in [0.1, 0.15) is 5.70 Å². The first-order valence-corrected chi connectivity index (χ1v) is 6.19. The number of allylic oxidation sites excluding steroid dienone is 1. The summed E-state index contributed by atoms with van der Waals surface area (Å²) in [5.74, 6) is -1.03. The summed E-state index contributed by atoms with van der Waals surface area (Å²) in [5.41, 5.74) is -0.0915. The summed E-state index contributed by atoms with van der Waals surface area (Å²) in [6.07, 6.45) is -3.66. The number of carbonyl (C=O) groups is 1. The van der Waals surface area contributed by atoms with Crippen LogP contribution in [-0.4, -0.2) is 18.8 Å². The zero-order valence-corrected chi connectivity index (χ0v) is 11.3. The van der Waals surface area contributed by atoms with Crippen LogP contribution in [0, 0.1) is 0 Å². The summed E-state index contributed by atoms with van der Waals surface area (Å²) in [7, 11) is 0. The SMILES string of the molecule is CCOC(=O)/C=C(/Nc1ccccc1CC)C(F)(F)F. The van der Waals surface area contributed by atoms with Crippen molar-refractivity contribution in [2.24, 2.45) is 0 Å². The second-order valence-corrected chi connectivity index (χ2v) is 3.94. The molecule has 0 aliphatic heterocycles. The Morgan fingerprint density at radius 3 is 2.50 bits per heavy atom. The van der Waals surface area contributed by atoms with Crippen LogP contribution in [0.5, 0.6) is 0 Å². The van der Waals surface area contributed by atoms with Gasteiger partial charge in [0.15, 0.2) is 0 Å². The monoisotopic (exact) mass is 287 g/mol. The van der Waals surface area contributed by atoms with Crippen molar-refractivity contribution in [2.45, 2.75) is 26.4 Å². The number of halogens is 3. The molecule has 3 nitrogen and oxygen atoms in total. The number of rotatable bonds is 5. The predicted octanol–water partition coefficient (Wildman–Crippen LogP) is 3.67. The van der Waals surface area contributed by atoms with Gasteiger partial charge in [-0.1, -0.05) is 25.1 Å². The molecule has 0 bridgehead atoms. The maximum Gasteiger partial charge on any atom is 0.431 e. The predicted molar refractivity (Wildman–Crippen MR) is 70.2 cm³/mol. The van der Waals surface area contributed by atoms with E-state index in [2.05, 4.69) is 10.1 Å². The van der Waals surface area contributed by atoms with Crippen LogP contribution in [0.4, 0.5) is 18.9 Å². The highest BCUT2D eigenvalue weighted by Gasteiger charge is 2.35. The number of aryl methyl sites for hydroxylation is 1. The number of hydrogen-bond donors (Lipinski definition) is 1. The minimum atomic E-state index is -4.66. The van der Waals surface area contributed by atoms with Crippen molar-refractivity contribution >= 4 is 11.7 Å². The molecule has 0 heterocycles. The molecule has 0 saturated carbocycles. The van der Waals surface area contributed by atoms with E-state index >= 15 is 0 Å². The first-order valence-electron chi connectivity index (χ1n) is 6.19. The summed E-state index contributed by atoms with van der Waals surface area (Å²) >= 11 is 0. The third-order valence-corrected chi connectivity index (χ3v) is 2.52. The molecule has 1 N–H and O–H groups in total. The summed E-state index contributed by atoms with van der Waals surface area (Å²) in [4.78, 5) is 11.2. The molecule has 0 spiro atoms. The number of benzene rings is 1. The van der Waals surface area contributed by atoms with E-state index in [4.69, 9.17) is 0 Å². The Hall–Kier alpha value is -1.98. The van der Waals surface area contributed by atoms with E-state index in [1.54, 1.807) is 18.2 Å². The van der Waals surface area contributed by atoms with E-state index < -0.39 is 17.8 Å². The second-order valence-electron chi connectivity index (χ2n) is 3.94. The van der Waals surface area contributed by atoms with Gasteiger partial charge in [0.05, 0.1) is 12.7 Å². The second kappa shape index (κ2) is 6.98. The van der Waals surface area contributed by atoms with Crippen molar-refractivity contribution < 1.29 is 22.7 Å². The van der Waals surface area contributed by atoms with Crippen molar-refractivity contribution in [1.82, 2.24) is 0 Å². The highest BCUT2D eigenvalue weighted by Crippen LogP contribution is 2.28. The molecule has 0 atom stereocenters. The average Bonchev–Trinajstić information content (AvgIpc) is 2.37. The molecule has 6 heteroatoms. The molecule has 110 valence electrons. The number of anilines is 1. The summed E-state index contributed by atoms with van der Waals surface area (Å²) in [6, 6.07) is 6.62. The van der Waals surface area contributed by atoms with E-state index in [-0.39, 0.29) is 6.61 Å². The molecule has 1 aromatic rings. The highest BCUT2D eigenvalue weighted by atomic mass is 19.4. The molecular formula is C14H16F3NO2. The number of esters is 1. The first kappa shape index (κ1) is 16.1. The van der Waals surface area contributed by atoms with Crippen LogP contribution in [0.15, 0.2) is 36.0 Å². The average molecular weight is 287 g/mol. The maximum atomic E-state index is 12.9. The van der Waals surface area contributed by atoms with Gasteiger partial charge in [-0.15, -0.1) is 0 Å². The van der Waals surface area contributed by atoms with Crippen molar-refractivity contribution in [2.75, 3.05) is 11.9 Å². The van der Waals surface area contributed by atoms with Gasteiger partial charge in [0.25, 0.3) is 0 Å². The zero-order valence-electron chi connectivity index (χ0n) is 11.3. The Labute approximate surface area is 115 Å². The molecule has 0 aromatic heterocycles. The normalized spacial score (nSPS) is 12.2. The molecule has 20 heavy (non-hydrogen) atoms. The smallest absolute Gasteiger partial charge is 0.431 e. The lowest BCUT2D eigenvalue weighted by Crippen LogP contribution is -2.21. The summed E-state index contributed by atoms with van der Waals surface area (Å²) in [5, 5.41) is 2.26. The third kappa shape index (κ3) is 4.60. The van der Waals surface area contributed by atoms with Crippen LogP contribution in [-0.2, 0) is 16.0 Å². The lowest BCUT2D eigenvalue weighted by molar-refractivity contribution is -0.138. The van der Waals surface area contributed by atoms with E-state index in [1.807, 2.05) is 6.92 Å². The maximum absolute atomic E-state index is 12.9. The number of hydrogen-bond acceptors (Lipinski definition) is 3. The van der Waals surface area contributed by atoms with Crippen molar-refractivity contribution in [3.63, 3.8) is 0 Å². The zero-order chi connectivity index (χ0) is 15.2. The van der Waals surface area contributed by atoms with Gasteiger partial charge in [0, 0.05) is 5.69 Å². The molecule has 0 aliphatic carbocycles. The van der Waals surface area contributed by atoms with E-state index in [0.29, 0.717) is 18.2 Å². The molecule has 0 saturated heterocycles. The molecular weight excluding hydrogens is 271 g/mol. The van der Waals surface area contributed by atoms with Gasteiger partial charge >= 0.3 is 12.1 Å². The lowest BCUT2D eigenvalue weighted by atomic mass is 10.1. The Morgan fingerprint density at radius 1 is 1.30 bits per heavy atom. The standard InChI is InChI=1S/C14H16F3NO2/c1-3-10-7-5-6-8-11(10)18-12(14(15,16)17)9-13(19)20-4-2/h5-9,18H,3-4H2,1-2H3/b12-9+. The molecule has 0 amide bonds. The van der Waals surface area contributed by atoms with Gasteiger partial charge in [-0.05, 0) is 25.0 Å². The quantitative estimate of drug-likeness (QED) is 0.663. The van der Waals surface area contributed by atoms with Crippen LogP contribution >= 0.6 is 0 Å². The molecule has 0 fully saturated rings. The molecule has 1 rings (SSSR count). The van der Waals surface area contributed by atoms with Crippen molar-refractivity contribution in [1.29, 1.82) is 0 Å². The fourth-order valence-electron chi connectivity index (χ4n) is 1.59. The number of para-hydroxylation sites is 1. The fourth-order valence-corrected chi connectivity index (χ4v) is 1.59. The van der Waals surface area contributed by atoms with Crippen LogP contribution in [0.25, 0.3) is 0 Å². The molecule has 0 radical (unpaired) electrons. The lowest BCUT2D eigenvalue weighted by Gasteiger charge is -2.16. The Balaban J connectivity index is 3.05. The van der Waals surface area contributed by atoms with Gasteiger partial charge in [-0.2, -0.15) is 13.2 Å². The highest BCUT2D eigenvalue weighted by molar-refractivity contribution is 5.84. The van der Waals surface area contributed by atoms with Gasteiger partial charge < -0.3 is 10.1 Å². The van der Waals surface area contributed by atoms with Gasteiger partial charge in [-0.25, -0.2) is 4.79 Å². The number of alkyl halides is 3. The summed E-state index contributed by atoms with van der Waals surface area (Å²) in [6.45, 7) is 3.38. The van der Waals surface area contributed by atoms with Gasteiger partial charge in [0.2, 0.25) is 0 Å². The fraction of sp³-hybridized carbons (Fsp3) is 0.357. The molecule has 0 aliphatic rings. The largest absolute Gasteiger partial charge is 0.463 e. The van der Waals surface area contributed by atoms with Crippen molar-refractivity contribution in [3.8, 4) is 0 Å². The van der Waals surface area contributed by atoms with E-state index in [1.165, 1.54) is 13.0 Å². The Bertz CT molecular complexity index is 495. The molecule has 1 aromatic carbocycles. The number of nitrogens with one attached hydrogen (secondary N) is 1. The third-order valence-electron chi connectivity index (χ3n) is 2.52. The van der Waals surface area contributed by atoms with Crippen LogP contribution < -0.4 is 5.32 Å². The minimum Gasteiger partial charge on any atom is -0.463 e. The van der Waals surface area contributed by atoms with Crippen LogP contribution in [0.2, 0.25) is 0 Å². The van der Waals surface area contributed by atoms with Crippen molar-refractivity contribution in [3.05, 3.63) is 41.6 Å². The Morgan fingerprint density at radius 2 is 1.95 bits per heavy atom. The number of carbonyl (C=O) groups excluding carboxylic acids is 1. The minimum absolute atomic E-state index is 0.0199. The van der Waals surface area contributed by atoms with Crippen LogP contribution in [0.3, 0.4) is 0 Å². The topological polar surface area (TPSA) is 38.3 Å². The van der Waals surface area contributed by atoms with E-state index in [0.717, 1.165) is 5.56 Å². The summed E-state index contributed by atoms with van der Waals surface area (Å²) < 4.78 is 43.2. The van der Waals surface area contributed by atoms with E-state index in [9.17, 15) is 18.0 Å². The van der Waals surface area contributed by atoms with Crippen LogP contribution in [0.1, 0.15) is 19.4 Å². The first-order chi connectivity index (χ1) is 9.38.